The summed E-state index contributed by atoms with van der Waals surface area (Å²) in [6.07, 6.45) is 0.853. The van der Waals surface area contributed by atoms with Crippen LogP contribution in [-0.4, -0.2) is 84.9 Å². The summed E-state index contributed by atoms with van der Waals surface area (Å²) in [5.41, 5.74) is -0.536. The Morgan fingerprint density at radius 2 is 1.80 bits per heavy atom. The highest BCUT2D eigenvalue weighted by Gasteiger charge is 2.39. The molecule has 0 saturated carbocycles. The standard InChI is InChI=1S/C14H26N4O2/c1-14(2,18-9-5-15-6-10-18)13(20)17-8-4-7-16(3)12(19)11-17/h15H,4-11H2,1-3H3. The molecule has 2 aliphatic rings. The highest BCUT2D eigenvalue weighted by atomic mass is 16.2. The number of hydrogen-bond acceptors (Lipinski definition) is 4. The fraction of sp³-hybridized carbons (Fsp3) is 0.857. The van der Waals surface area contributed by atoms with Gasteiger partial charge in [0.15, 0.2) is 0 Å². The Labute approximate surface area is 121 Å². The molecule has 0 aliphatic carbocycles. The first-order valence-corrected chi connectivity index (χ1v) is 7.42. The monoisotopic (exact) mass is 282 g/mol. The Balaban J connectivity index is 2.06. The van der Waals surface area contributed by atoms with E-state index in [2.05, 4.69) is 10.2 Å². The van der Waals surface area contributed by atoms with Gasteiger partial charge in [-0.1, -0.05) is 0 Å². The molecule has 0 aromatic rings. The summed E-state index contributed by atoms with van der Waals surface area (Å²) in [6.45, 7) is 9.14. The van der Waals surface area contributed by atoms with Gasteiger partial charge in [-0.2, -0.15) is 0 Å². The number of nitrogens with one attached hydrogen (secondary N) is 1. The van der Waals surface area contributed by atoms with Crippen molar-refractivity contribution in [2.45, 2.75) is 25.8 Å². The van der Waals surface area contributed by atoms with Crippen molar-refractivity contribution < 1.29 is 9.59 Å². The Bertz CT molecular complexity index is 377. The second kappa shape index (κ2) is 6.10. The van der Waals surface area contributed by atoms with Gasteiger partial charge >= 0.3 is 0 Å². The number of amides is 2. The van der Waals surface area contributed by atoms with Crippen LogP contribution in [0.4, 0.5) is 0 Å². The van der Waals surface area contributed by atoms with E-state index in [1.807, 2.05) is 13.8 Å². The summed E-state index contributed by atoms with van der Waals surface area (Å²) >= 11 is 0. The van der Waals surface area contributed by atoms with Crippen LogP contribution in [0.2, 0.25) is 0 Å². The van der Waals surface area contributed by atoms with Gasteiger partial charge in [0.1, 0.15) is 0 Å². The van der Waals surface area contributed by atoms with Crippen molar-refractivity contribution in [3.05, 3.63) is 0 Å². The van der Waals surface area contributed by atoms with E-state index in [9.17, 15) is 9.59 Å². The van der Waals surface area contributed by atoms with Gasteiger partial charge in [-0.05, 0) is 20.3 Å². The smallest absolute Gasteiger partial charge is 0.242 e. The van der Waals surface area contributed by atoms with Crippen molar-refractivity contribution in [2.24, 2.45) is 0 Å². The SMILES string of the molecule is CN1CCCN(C(=O)C(C)(C)N2CCNCC2)CC1=O. The summed E-state index contributed by atoms with van der Waals surface area (Å²) in [6, 6.07) is 0. The molecular weight excluding hydrogens is 256 g/mol. The molecule has 0 unspecified atom stereocenters. The van der Waals surface area contributed by atoms with Crippen LogP contribution in [0.3, 0.4) is 0 Å². The van der Waals surface area contributed by atoms with Crippen LogP contribution in [0, 0.1) is 0 Å². The molecule has 2 heterocycles. The van der Waals surface area contributed by atoms with Crippen molar-refractivity contribution in [3.63, 3.8) is 0 Å². The average Bonchev–Trinajstić information content (AvgIpc) is 2.61. The van der Waals surface area contributed by atoms with Gasteiger partial charge in [-0.15, -0.1) is 0 Å². The van der Waals surface area contributed by atoms with E-state index in [0.717, 1.165) is 39.1 Å². The molecule has 0 bridgehead atoms. The lowest BCUT2D eigenvalue weighted by molar-refractivity contribution is -0.146. The van der Waals surface area contributed by atoms with Gasteiger partial charge in [0.25, 0.3) is 0 Å². The number of nitrogens with zero attached hydrogens (tertiary/aromatic N) is 3. The lowest BCUT2D eigenvalue weighted by Crippen LogP contribution is -2.61. The van der Waals surface area contributed by atoms with Crippen LogP contribution in [0.1, 0.15) is 20.3 Å². The van der Waals surface area contributed by atoms with Gasteiger partial charge in [-0.25, -0.2) is 0 Å². The molecule has 1 N–H and O–H groups in total. The molecule has 2 saturated heterocycles. The summed E-state index contributed by atoms with van der Waals surface area (Å²) in [7, 11) is 1.80. The van der Waals surface area contributed by atoms with Crippen molar-refractivity contribution in [2.75, 3.05) is 52.9 Å². The van der Waals surface area contributed by atoms with Gasteiger partial charge < -0.3 is 15.1 Å². The minimum absolute atomic E-state index is 0.0342. The Morgan fingerprint density at radius 1 is 1.15 bits per heavy atom. The van der Waals surface area contributed by atoms with Crippen molar-refractivity contribution >= 4 is 11.8 Å². The molecule has 2 aliphatic heterocycles. The number of hydrogen-bond donors (Lipinski definition) is 1. The summed E-state index contributed by atoms with van der Waals surface area (Å²) in [4.78, 5) is 30.4. The average molecular weight is 282 g/mol. The topological polar surface area (TPSA) is 55.9 Å². The second-order valence-electron chi connectivity index (χ2n) is 6.19. The number of likely N-dealkylation sites (N-methyl/N-ethyl adjacent to an activating group) is 1. The van der Waals surface area contributed by atoms with Gasteiger partial charge in [0, 0.05) is 46.3 Å². The number of rotatable bonds is 2. The zero-order chi connectivity index (χ0) is 14.8. The lowest BCUT2D eigenvalue weighted by Gasteiger charge is -2.42. The molecule has 0 atom stereocenters. The third kappa shape index (κ3) is 3.12. The maximum atomic E-state index is 12.8. The fourth-order valence-electron chi connectivity index (χ4n) is 2.91. The fourth-order valence-corrected chi connectivity index (χ4v) is 2.91. The highest BCUT2D eigenvalue weighted by Crippen LogP contribution is 2.19. The van der Waals surface area contributed by atoms with Gasteiger partial charge in [0.05, 0.1) is 12.1 Å². The predicted octanol–water partition coefficient (Wildman–Crippen LogP) is -0.639. The van der Waals surface area contributed by atoms with Crippen molar-refractivity contribution in [1.29, 1.82) is 0 Å². The zero-order valence-electron chi connectivity index (χ0n) is 12.8. The number of carbonyl (C=O) groups excluding carboxylic acids is 2. The van der Waals surface area contributed by atoms with E-state index < -0.39 is 5.54 Å². The molecule has 6 heteroatoms. The van der Waals surface area contributed by atoms with E-state index in [1.165, 1.54) is 0 Å². The first kappa shape index (κ1) is 15.3. The maximum Gasteiger partial charge on any atom is 0.242 e. The molecule has 0 aromatic carbocycles. The highest BCUT2D eigenvalue weighted by molar-refractivity contribution is 5.90. The number of carbonyl (C=O) groups is 2. The van der Waals surface area contributed by atoms with Crippen LogP contribution >= 0.6 is 0 Å². The van der Waals surface area contributed by atoms with Crippen molar-refractivity contribution in [1.82, 2.24) is 20.0 Å². The van der Waals surface area contributed by atoms with E-state index >= 15 is 0 Å². The molecule has 0 radical (unpaired) electrons. The summed E-state index contributed by atoms with van der Waals surface area (Å²) < 4.78 is 0. The Morgan fingerprint density at radius 3 is 2.45 bits per heavy atom. The Kier molecular flexibility index (Phi) is 4.65. The molecule has 0 spiro atoms. The van der Waals surface area contributed by atoms with E-state index in [1.54, 1.807) is 16.8 Å². The first-order valence-electron chi connectivity index (χ1n) is 7.42. The maximum absolute atomic E-state index is 12.8. The van der Waals surface area contributed by atoms with Crippen LogP contribution < -0.4 is 5.32 Å². The second-order valence-corrected chi connectivity index (χ2v) is 6.19. The normalized spacial score (nSPS) is 22.9. The molecular formula is C14H26N4O2. The zero-order valence-corrected chi connectivity index (χ0v) is 12.8. The van der Waals surface area contributed by atoms with E-state index in [-0.39, 0.29) is 18.4 Å². The van der Waals surface area contributed by atoms with E-state index in [0.29, 0.717) is 6.54 Å². The molecule has 2 amide bonds. The molecule has 2 rings (SSSR count). The molecule has 0 aromatic heterocycles. The largest absolute Gasteiger partial charge is 0.344 e. The van der Waals surface area contributed by atoms with Crippen LogP contribution in [0.15, 0.2) is 0 Å². The summed E-state index contributed by atoms with van der Waals surface area (Å²) in [5, 5.41) is 3.30. The number of piperazine rings is 1. The Hall–Kier alpha value is -1.14. The third-order valence-corrected chi connectivity index (χ3v) is 4.39. The van der Waals surface area contributed by atoms with E-state index in [4.69, 9.17) is 0 Å². The summed E-state index contributed by atoms with van der Waals surface area (Å²) in [5.74, 6) is 0.106. The minimum atomic E-state index is -0.536. The molecule has 2 fully saturated rings. The van der Waals surface area contributed by atoms with Gasteiger partial charge in [0.2, 0.25) is 11.8 Å². The minimum Gasteiger partial charge on any atom is -0.344 e. The van der Waals surface area contributed by atoms with Crippen LogP contribution in [0.5, 0.6) is 0 Å². The van der Waals surface area contributed by atoms with Crippen LogP contribution in [-0.2, 0) is 9.59 Å². The first-order chi connectivity index (χ1) is 9.43. The molecule has 114 valence electrons. The van der Waals surface area contributed by atoms with Crippen LogP contribution in [0.25, 0.3) is 0 Å². The van der Waals surface area contributed by atoms with Gasteiger partial charge in [-0.3, -0.25) is 14.5 Å². The quantitative estimate of drug-likeness (QED) is 0.732. The molecule has 20 heavy (non-hydrogen) atoms. The van der Waals surface area contributed by atoms with Crippen molar-refractivity contribution in [3.8, 4) is 0 Å². The third-order valence-electron chi connectivity index (χ3n) is 4.39. The molecule has 6 nitrogen and oxygen atoms in total. The predicted molar refractivity (Wildman–Crippen MR) is 77.4 cm³/mol. The lowest BCUT2D eigenvalue weighted by atomic mass is 9.99.